The molecule has 0 radical (unpaired) electrons. The van der Waals surface area contributed by atoms with Crippen LogP contribution in [0.1, 0.15) is 0 Å². The van der Waals surface area contributed by atoms with E-state index in [4.69, 9.17) is 0 Å². The van der Waals surface area contributed by atoms with Crippen LogP contribution >= 0.6 is 15.9 Å². The zero-order valence-electron chi connectivity index (χ0n) is 11.0. The van der Waals surface area contributed by atoms with E-state index in [2.05, 4.69) is 30.8 Å². The number of rotatable bonds is 3. The smallest absolute Gasteiger partial charge is 0.146 e. The summed E-state index contributed by atoms with van der Waals surface area (Å²) in [4.78, 5) is 4.42. The highest BCUT2D eigenvalue weighted by Crippen LogP contribution is 2.20. The van der Waals surface area contributed by atoms with E-state index in [0.717, 1.165) is 37.3 Å². The minimum atomic E-state index is -0.142. The minimum Gasteiger partial charge on any atom is -0.367 e. The summed E-state index contributed by atoms with van der Waals surface area (Å²) >= 11 is 3.39. The average Bonchev–Trinajstić information content (AvgIpc) is 2.86. The van der Waals surface area contributed by atoms with E-state index in [1.165, 1.54) is 6.07 Å². The molecule has 0 atom stereocenters. The van der Waals surface area contributed by atoms with Gasteiger partial charge >= 0.3 is 0 Å². The molecule has 2 aromatic rings. The summed E-state index contributed by atoms with van der Waals surface area (Å²) in [5.41, 5.74) is 0.703. The molecule has 1 aliphatic rings. The van der Waals surface area contributed by atoms with Crippen LogP contribution < -0.4 is 4.90 Å². The summed E-state index contributed by atoms with van der Waals surface area (Å²) in [6.45, 7) is 4.26. The van der Waals surface area contributed by atoms with Gasteiger partial charge in [0.05, 0.1) is 23.0 Å². The predicted octanol–water partition coefficient (Wildman–Crippen LogP) is 2.56. The number of hydrogen-bond donors (Lipinski definition) is 0. The molecular formula is C14H16BrFN4. The summed E-state index contributed by atoms with van der Waals surface area (Å²) < 4.78 is 16.6. The zero-order valence-corrected chi connectivity index (χ0v) is 12.6. The van der Waals surface area contributed by atoms with Crippen molar-refractivity contribution in [3.63, 3.8) is 0 Å². The lowest BCUT2D eigenvalue weighted by atomic mass is 10.2. The van der Waals surface area contributed by atoms with Crippen molar-refractivity contribution in [3.05, 3.63) is 46.9 Å². The second-order valence-electron chi connectivity index (χ2n) is 4.90. The fraction of sp³-hybridized carbons (Fsp3) is 0.357. The number of para-hydroxylation sites is 1. The first-order valence-corrected chi connectivity index (χ1v) is 7.41. The number of nitrogens with zero attached hydrogens (tertiary/aromatic N) is 4. The van der Waals surface area contributed by atoms with E-state index in [1.54, 1.807) is 12.3 Å². The van der Waals surface area contributed by atoms with Gasteiger partial charge in [-0.15, -0.1) is 0 Å². The average molecular weight is 339 g/mol. The fourth-order valence-corrected chi connectivity index (χ4v) is 2.79. The Labute approximate surface area is 125 Å². The van der Waals surface area contributed by atoms with Gasteiger partial charge < -0.3 is 4.90 Å². The van der Waals surface area contributed by atoms with E-state index in [9.17, 15) is 4.39 Å². The van der Waals surface area contributed by atoms with Gasteiger partial charge in [0, 0.05) is 32.4 Å². The minimum absolute atomic E-state index is 0.142. The van der Waals surface area contributed by atoms with Gasteiger partial charge in [0.25, 0.3) is 0 Å². The molecule has 1 saturated heterocycles. The van der Waals surface area contributed by atoms with Crippen molar-refractivity contribution in [1.82, 2.24) is 14.7 Å². The van der Waals surface area contributed by atoms with Gasteiger partial charge in [-0.05, 0) is 28.1 Å². The SMILES string of the molecule is Fc1ccccc1N1CCN(Cn2cc(Br)cn2)CC1. The standard InChI is InChI=1S/C14H16BrFN4/c15-12-9-17-20(10-12)11-18-5-7-19(8-6-18)14-4-2-1-3-13(14)16/h1-4,9-10H,5-8,11H2. The van der Waals surface area contributed by atoms with Crippen molar-refractivity contribution < 1.29 is 4.39 Å². The van der Waals surface area contributed by atoms with Crippen LogP contribution in [0.4, 0.5) is 10.1 Å². The number of hydrogen-bond acceptors (Lipinski definition) is 3. The van der Waals surface area contributed by atoms with Crippen molar-refractivity contribution in [1.29, 1.82) is 0 Å². The first-order chi connectivity index (χ1) is 9.72. The Morgan fingerprint density at radius 3 is 2.55 bits per heavy atom. The quantitative estimate of drug-likeness (QED) is 0.859. The lowest BCUT2D eigenvalue weighted by Gasteiger charge is -2.36. The van der Waals surface area contributed by atoms with E-state index in [0.29, 0.717) is 5.69 Å². The van der Waals surface area contributed by atoms with Gasteiger partial charge in [-0.2, -0.15) is 5.10 Å². The highest BCUT2D eigenvalue weighted by Gasteiger charge is 2.19. The Balaban J connectivity index is 1.58. The molecule has 6 heteroatoms. The molecule has 1 aliphatic heterocycles. The van der Waals surface area contributed by atoms with Crippen molar-refractivity contribution in [3.8, 4) is 0 Å². The van der Waals surface area contributed by atoms with E-state index in [1.807, 2.05) is 23.0 Å². The van der Waals surface area contributed by atoms with Gasteiger partial charge in [-0.3, -0.25) is 9.58 Å². The number of anilines is 1. The van der Waals surface area contributed by atoms with Crippen LogP contribution in [-0.2, 0) is 6.67 Å². The van der Waals surface area contributed by atoms with E-state index >= 15 is 0 Å². The number of aromatic nitrogens is 2. The second kappa shape index (κ2) is 5.93. The maximum absolute atomic E-state index is 13.7. The molecule has 1 aromatic heterocycles. The van der Waals surface area contributed by atoms with Crippen LogP contribution in [0.3, 0.4) is 0 Å². The molecule has 0 saturated carbocycles. The monoisotopic (exact) mass is 338 g/mol. The second-order valence-corrected chi connectivity index (χ2v) is 5.81. The topological polar surface area (TPSA) is 24.3 Å². The van der Waals surface area contributed by atoms with Crippen LogP contribution in [-0.4, -0.2) is 40.9 Å². The van der Waals surface area contributed by atoms with Crippen LogP contribution in [0, 0.1) is 5.82 Å². The van der Waals surface area contributed by atoms with Crippen molar-refractivity contribution >= 4 is 21.6 Å². The van der Waals surface area contributed by atoms with Crippen LogP contribution in [0.15, 0.2) is 41.1 Å². The van der Waals surface area contributed by atoms with Crippen LogP contribution in [0.2, 0.25) is 0 Å². The third-order valence-corrected chi connectivity index (χ3v) is 3.92. The molecule has 2 heterocycles. The Morgan fingerprint density at radius 2 is 1.90 bits per heavy atom. The normalized spacial score (nSPS) is 16.6. The third kappa shape index (κ3) is 3.02. The van der Waals surface area contributed by atoms with Crippen molar-refractivity contribution in [2.75, 3.05) is 31.1 Å². The molecule has 3 rings (SSSR count). The van der Waals surface area contributed by atoms with Crippen LogP contribution in [0.25, 0.3) is 0 Å². The molecule has 1 fully saturated rings. The largest absolute Gasteiger partial charge is 0.367 e. The van der Waals surface area contributed by atoms with Crippen molar-refractivity contribution in [2.45, 2.75) is 6.67 Å². The fourth-order valence-electron chi connectivity index (χ4n) is 2.46. The highest BCUT2D eigenvalue weighted by atomic mass is 79.9. The third-order valence-electron chi connectivity index (χ3n) is 3.51. The number of halogens is 2. The Bertz CT molecular complexity index is 578. The van der Waals surface area contributed by atoms with Crippen LogP contribution in [0.5, 0.6) is 0 Å². The molecule has 0 N–H and O–H groups in total. The van der Waals surface area contributed by atoms with Gasteiger partial charge in [0.15, 0.2) is 0 Å². The molecule has 0 aliphatic carbocycles. The summed E-state index contributed by atoms with van der Waals surface area (Å²) in [6.07, 6.45) is 3.75. The predicted molar refractivity (Wildman–Crippen MR) is 80.1 cm³/mol. The van der Waals surface area contributed by atoms with E-state index < -0.39 is 0 Å². The molecule has 0 spiro atoms. The molecule has 0 unspecified atom stereocenters. The molecule has 0 amide bonds. The first-order valence-electron chi connectivity index (χ1n) is 6.62. The Kier molecular flexibility index (Phi) is 4.03. The maximum atomic E-state index is 13.7. The van der Waals surface area contributed by atoms with Gasteiger partial charge in [-0.1, -0.05) is 12.1 Å². The number of benzene rings is 1. The molecule has 1 aromatic carbocycles. The molecule has 0 bridgehead atoms. The number of piperazine rings is 1. The molecule has 4 nitrogen and oxygen atoms in total. The van der Waals surface area contributed by atoms with Gasteiger partial charge in [0.2, 0.25) is 0 Å². The lowest BCUT2D eigenvalue weighted by molar-refractivity contribution is 0.195. The maximum Gasteiger partial charge on any atom is 0.146 e. The molecule has 20 heavy (non-hydrogen) atoms. The zero-order chi connectivity index (χ0) is 13.9. The highest BCUT2D eigenvalue weighted by molar-refractivity contribution is 9.10. The Morgan fingerprint density at radius 1 is 1.15 bits per heavy atom. The van der Waals surface area contributed by atoms with Gasteiger partial charge in [-0.25, -0.2) is 4.39 Å². The summed E-state index contributed by atoms with van der Waals surface area (Å²) in [5, 5.41) is 4.26. The van der Waals surface area contributed by atoms with E-state index in [-0.39, 0.29) is 5.82 Å². The summed E-state index contributed by atoms with van der Waals surface area (Å²) in [6, 6.07) is 6.97. The lowest BCUT2D eigenvalue weighted by Crippen LogP contribution is -2.47. The summed E-state index contributed by atoms with van der Waals surface area (Å²) in [7, 11) is 0. The molecular weight excluding hydrogens is 323 g/mol. The van der Waals surface area contributed by atoms with Gasteiger partial charge in [0.1, 0.15) is 5.82 Å². The Hall–Kier alpha value is -1.40. The van der Waals surface area contributed by atoms with Crippen molar-refractivity contribution in [2.24, 2.45) is 0 Å². The first kappa shape index (κ1) is 13.6. The molecule has 106 valence electrons. The summed E-state index contributed by atoms with van der Waals surface area (Å²) in [5.74, 6) is -0.142.